The number of hydrogen-bond donors (Lipinski definition) is 1. The van der Waals surface area contributed by atoms with Gasteiger partial charge in [0.1, 0.15) is 5.56 Å². The van der Waals surface area contributed by atoms with Gasteiger partial charge in [-0.25, -0.2) is 4.79 Å². The Kier molecular flexibility index (Phi) is 2.32. The van der Waals surface area contributed by atoms with E-state index in [2.05, 4.69) is 0 Å². The van der Waals surface area contributed by atoms with E-state index in [4.69, 9.17) is 9.84 Å². The molecular formula is C10H11NO4. The highest BCUT2D eigenvalue weighted by Gasteiger charge is 2.39. The summed E-state index contributed by atoms with van der Waals surface area (Å²) in [5.41, 5.74) is -0.659. The van der Waals surface area contributed by atoms with Gasteiger partial charge in [-0.3, -0.25) is 4.79 Å². The summed E-state index contributed by atoms with van der Waals surface area (Å²) >= 11 is 0. The van der Waals surface area contributed by atoms with Crippen LogP contribution >= 0.6 is 0 Å². The molecule has 0 aliphatic heterocycles. The minimum absolute atomic E-state index is 0.0122. The summed E-state index contributed by atoms with van der Waals surface area (Å²) in [6.45, 7) is 0. The Morgan fingerprint density at radius 3 is 2.93 bits per heavy atom. The Morgan fingerprint density at radius 1 is 1.67 bits per heavy atom. The van der Waals surface area contributed by atoms with E-state index >= 15 is 0 Å². The molecule has 1 aliphatic rings. The first-order valence-electron chi connectivity index (χ1n) is 4.62. The van der Waals surface area contributed by atoms with Crippen LogP contribution in [0.4, 0.5) is 0 Å². The number of rotatable bonds is 3. The molecule has 5 nitrogen and oxygen atoms in total. The molecule has 0 radical (unpaired) electrons. The smallest absolute Gasteiger partial charge is 0.341 e. The van der Waals surface area contributed by atoms with Gasteiger partial charge in [-0.2, -0.15) is 0 Å². The maximum absolute atomic E-state index is 11.7. The molecule has 1 heterocycles. The van der Waals surface area contributed by atoms with E-state index < -0.39 is 11.5 Å². The van der Waals surface area contributed by atoms with Crippen LogP contribution in [0.1, 0.15) is 22.8 Å². The number of pyridine rings is 1. The van der Waals surface area contributed by atoms with Gasteiger partial charge in [0.05, 0.1) is 12.1 Å². The number of carboxylic acids is 1. The van der Waals surface area contributed by atoms with Crippen molar-refractivity contribution in [3.05, 3.63) is 34.2 Å². The van der Waals surface area contributed by atoms with Gasteiger partial charge in [0.15, 0.2) is 0 Å². The first-order valence-corrected chi connectivity index (χ1v) is 4.62. The van der Waals surface area contributed by atoms with Crippen LogP contribution in [0.25, 0.3) is 0 Å². The molecule has 0 amide bonds. The lowest BCUT2D eigenvalue weighted by Crippen LogP contribution is -2.25. The summed E-state index contributed by atoms with van der Waals surface area (Å²) in [6, 6.07) is 2.86. The number of nitrogens with zero attached hydrogens (tertiary/aromatic N) is 1. The summed E-state index contributed by atoms with van der Waals surface area (Å²) in [5, 5.41) is 8.77. The van der Waals surface area contributed by atoms with Crippen molar-refractivity contribution in [3.8, 4) is 0 Å². The molecule has 1 saturated carbocycles. The summed E-state index contributed by atoms with van der Waals surface area (Å²) < 4.78 is 6.50. The minimum Gasteiger partial charge on any atom is -0.477 e. The van der Waals surface area contributed by atoms with E-state index in [1.165, 1.54) is 10.6 Å². The lowest BCUT2D eigenvalue weighted by atomic mass is 10.3. The predicted octanol–water partition coefficient (Wildman–Crippen LogP) is 0.506. The number of carboxylic acid groups (broad SMARTS) is 1. The Labute approximate surface area is 85.9 Å². The molecule has 80 valence electrons. The van der Waals surface area contributed by atoms with Crippen molar-refractivity contribution in [2.75, 3.05) is 7.11 Å². The molecule has 5 heteroatoms. The van der Waals surface area contributed by atoms with Crippen LogP contribution in [0.5, 0.6) is 0 Å². The Balaban J connectivity index is 2.38. The first kappa shape index (κ1) is 9.92. The third-order valence-electron chi connectivity index (χ3n) is 2.56. The highest BCUT2D eigenvalue weighted by molar-refractivity contribution is 5.86. The van der Waals surface area contributed by atoms with Crippen LogP contribution in [0.2, 0.25) is 0 Å². The van der Waals surface area contributed by atoms with Crippen molar-refractivity contribution >= 4 is 5.97 Å². The van der Waals surface area contributed by atoms with Crippen molar-refractivity contribution in [1.29, 1.82) is 0 Å². The molecule has 0 aromatic carbocycles. The van der Waals surface area contributed by atoms with Crippen molar-refractivity contribution in [2.24, 2.45) is 0 Å². The lowest BCUT2D eigenvalue weighted by molar-refractivity contribution is 0.0694. The standard InChI is InChI=1S/C10H11NO4/c1-15-8-5-7(8)11-4-2-3-6(9(11)12)10(13)14/h2-4,7-8H,5H2,1H3,(H,13,14)/t7-,8-/m0/s1. The minimum atomic E-state index is -1.19. The van der Waals surface area contributed by atoms with Crippen LogP contribution in [0, 0.1) is 0 Å². The van der Waals surface area contributed by atoms with E-state index in [0.717, 1.165) is 6.42 Å². The van der Waals surface area contributed by atoms with Crippen LogP contribution in [-0.4, -0.2) is 28.9 Å². The molecule has 1 fully saturated rings. The van der Waals surface area contributed by atoms with E-state index in [9.17, 15) is 9.59 Å². The SMILES string of the molecule is CO[C@H]1C[C@@H]1n1cccc(C(=O)O)c1=O. The second-order valence-electron chi connectivity index (χ2n) is 3.52. The maximum atomic E-state index is 11.7. The van der Waals surface area contributed by atoms with E-state index in [-0.39, 0.29) is 17.7 Å². The van der Waals surface area contributed by atoms with Crippen LogP contribution in [0.15, 0.2) is 23.1 Å². The number of ether oxygens (including phenoxy) is 1. The largest absolute Gasteiger partial charge is 0.477 e. The van der Waals surface area contributed by atoms with Gasteiger partial charge >= 0.3 is 5.97 Å². The molecule has 15 heavy (non-hydrogen) atoms. The van der Waals surface area contributed by atoms with Crippen LogP contribution in [0.3, 0.4) is 0 Å². The van der Waals surface area contributed by atoms with Crippen LogP contribution < -0.4 is 5.56 Å². The molecule has 0 spiro atoms. The fraction of sp³-hybridized carbons (Fsp3) is 0.400. The van der Waals surface area contributed by atoms with E-state index in [1.54, 1.807) is 19.4 Å². The molecule has 1 aromatic heterocycles. The summed E-state index contributed by atoms with van der Waals surface area (Å²) in [6.07, 6.45) is 2.39. The number of aromatic carboxylic acids is 1. The van der Waals surface area contributed by atoms with Crippen molar-refractivity contribution in [2.45, 2.75) is 18.6 Å². The van der Waals surface area contributed by atoms with Gasteiger partial charge in [-0.15, -0.1) is 0 Å². The van der Waals surface area contributed by atoms with Crippen LogP contribution in [-0.2, 0) is 4.74 Å². The lowest BCUT2D eigenvalue weighted by Gasteiger charge is -2.04. The van der Waals surface area contributed by atoms with Gasteiger partial charge in [-0.1, -0.05) is 0 Å². The molecule has 0 bridgehead atoms. The Hall–Kier alpha value is -1.62. The zero-order valence-corrected chi connectivity index (χ0v) is 8.21. The van der Waals surface area contributed by atoms with Gasteiger partial charge in [0.2, 0.25) is 0 Å². The first-order chi connectivity index (χ1) is 7.15. The van der Waals surface area contributed by atoms with Gasteiger partial charge in [0, 0.05) is 13.3 Å². The quantitative estimate of drug-likeness (QED) is 0.787. The Morgan fingerprint density at radius 2 is 2.40 bits per heavy atom. The average Bonchev–Trinajstić information content (AvgIpc) is 2.96. The Bertz CT molecular complexity index is 451. The highest BCUT2D eigenvalue weighted by Crippen LogP contribution is 2.36. The van der Waals surface area contributed by atoms with Gasteiger partial charge < -0.3 is 14.4 Å². The third kappa shape index (κ3) is 1.66. The zero-order valence-electron chi connectivity index (χ0n) is 8.21. The number of aromatic nitrogens is 1. The maximum Gasteiger partial charge on any atom is 0.341 e. The summed E-state index contributed by atoms with van der Waals surface area (Å²) in [4.78, 5) is 22.4. The molecule has 1 aliphatic carbocycles. The van der Waals surface area contributed by atoms with Crippen molar-refractivity contribution < 1.29 is 14.6 Å². The number of methoxy groups -OCH3 is 1. The number of carbonyl (C=O) groups is 1. The highest BCUT2D eigenvalue weighted by atomic mass is 16.5. The second kappa shape index (κ2) is 3.51. The van der Waals surface area contributed by atoms with E-state index in [0.29, 0.717) is 0 Å². The third-order valence-corrected chi connectivity index (χ3v) is 2.56. The molecule has 2 atom stereocenters. The summed E-state index contributed by atoms with van der Waals surface area (Å²) in [5.74, 6) is -1.19. The molecule has 1 aromatic rings. The van der Waals surface area contributed by atoms with Crippen molar-refractivity contribution in [3.63, 3.8) is 0 Å². The normalized spacial score (nSPS) is 23.8. The topological polar surface area (TPSA) is 68.5 Å². The van der Waals surface area contributed by atoms with Gasteiger partial charge in [0.25, 0.3) is 5.56 Å². The monoisotopic (exact) mass is 209 g/mol. The second-order valence-corrected chi connectivity index (χ2v) is 3.52. The van der Waals surface area contributed by atoms with E-state index in [1.807, 2.05) is 0 Å². The fourth-order valence-corrected chi connectivity index (χ4v) is 1.64. The molecule has 0 unspecified atom stereocenters. The number of hydrogen-bond acceptors (Lipinski definition) is 3. The van der Waals surface area contributed by atoms with Gasteiger partial charge in [-0.05, 0) is 18.6 Å². The fourth-order valence-electron chi connectivity index (χ4n) is 1.64. The zero-order chi connectivity index (χ0) is 11.0. The average molecular weight is 209 g/mol. The molecule has 1 N–H and O–H groups in total. The predicted molar refractivity (Wildman–Crippen MR) is 52.1 cm³/mol. The summed E-state index contributed by atoms with van der Waals surface area (Å²) in [7, 11) is 1.58. The molecule has 2 rings (SSSR count). The molecular weight excluding hydrogens is 198 g/mol. The molecule has 0 saturated heterocycles. The van der Waals surface area contributed by atoms with Crippen molar-refractivity contribution in [1.82, 2.24) is 4.57 Å².